The molecule has 2 heterocycles. The molecule has 5 nitrogen and oxygen atoms in total. The lowest BCUT2D eigenvalue weighted by atomic mass is 9.97. The van der Waals surface area contributed by atoms with E-state index in [2.05, 4.69) is 15.0 Å². The number of thiocarbonyl (C=S) groups is 1. The Morgan fingerprint density at radius 2 is 2.25 bits per heavy atom. The smallest absolute Gasteiger partial charge is 0.140 e. The summed E-state index contributed by atoms with van der Waals surface area (Å²) >= 11 is 5.02. The van der Waals surface area contributed by atoms with Gasteiger partial charge < -0.3 is 5.73 Å². The first-order valence-corrected chi connectivity index (χ1v) is 5.92. The van der Waals surface area contributed by atoms with Crippen LogP contribution in [-0.2, 0) is 13.6 Å². The van der Waals surface area contributed by atoms with E-state index in [0.717, 1.165) is 38.3 Å². The Bertz CT molecular complexity index is 367. The number of likely N-dealkylation sites (tertiary alicyclic amines) is 1. The normalized spacial score (nSPS) is 18.8. The molecule has 0 aliphatic carbocycles. The van der Waals surface area contributed by atoms with Crippen LogP contribution in [0.2, 0.25) is 0 Å². The molecule has 88 valence electrons. The van der Waals surface area contributed by atoms with Crippen molar-refractivity contribution in [1.29, 1.82) is 0 Å². The van der Waals surface area contributed by atoms with Crippen molar-refractivity contribution in [2.45, 2.75) is 19.4 Å². The van der Waals surface area contributed by atoms with Crippen LogP contribution >= 0.6 is 12.2 Å². The Hall–Kier alpha value is -1.01. The molecule has 0 unspecified atom stereocenters. The van der Waals surface area contributed by atoms with Gasteiger partial charge in [0.05, 0.1) is 11.5 Å². The maximum atomic E-state index is 5.66. The Kier molecular flexibility index (Phi) is 3.50. The van der Waals surface area contributed by atoms with Gasteiger partial charge >= 0.3 is 0 Å². The van der Waals surface area contributed by atoms with Gasteiger partial charge in [0.25, 0.3) is 0 Å². The number of nitrogens with two attached hydrogens (primary N) is 1. The predicted molar refractivity (Wildman–Crippen MR) is 65.8 cm³/mol. The van der Waals surface area contributed by atoms with Crippen LogP contribution in [0.4, 0.5) is 0 Å². The lowest BCUT2D eigenvalue weighted by Gasteiger charge is -2.30. The first-order chi connectivity index (χ1) is 7.66. The van der Waals surface area contributed by atoms with Crippen LogP contribution in [0, 0.1) is 5.92 Å². The lowest BCUT2D eigenvalue weighted by molar-refractivity contribution is 0.195. The fourth-order valence-corrected chi connectivity index (χ4v) is 2.27. The number of nitrogens with zero attached hydrogens (tertiary/aromatic N) is 4. The van der Waals surface area contributed by atoms with Gasteiger partial charge in [-0.3, -0.25) is 9.58 Å². The molecule has 1 saturated heterocycles. The van der Waals surface area contributed by atoms with E-state index >= 15 is 0 Å². The summed E-state index contributed by atoms with van der Waals surface area (Å²) < 4.78 is 1.82. The maximum absolute atomic E-state index is 5.66. The average molecular weight is 239 g/mol. The molecule has 0 amide bonds. The monoisotopic (exact) mass is 239 g/mol. The quantitative estimate of drug-likeness (QED) is 0.769. The molecule has 1 fully saturated rings. The molecule has 2 rings (SSSR count). The number of hydrogen-bond donors (Lipinski definition) is 1. The molecule has 0 bridgehead atoms. The highest BCUT2D eigenvalue weighted by Crippen LogP contribution is 2.18. The van der Waals surface area contributed by atoms with E-state index in [1.807, 2.05) is 11.7 Å². The van der Waals surface area contributed by atoms with E-state index in [1.165, 1.54) is 0 Å². The molecule has 0 spiro atoms. The van der Waals surface area contributed by atoms with Gasteiger partial charge in [0.2, 0.25) is 0 Å². The van der Waals surface area contributed by atoms with Gasteiger partial charge in [0.1, 0.15) is 12.2 Å². The van der Waals surface area contributed by atoms with Crippen molar-refractivity contribution >= 4 is 17.2 Å². The Labute approximate surface area is 101 Å². The summed E-state index contributed by atoms with van der Waals surface area (Å²) in [7, 11) is 1.92. The topological polar surface area (TPSA) is 60.0 Å². The van der Waals surface area contributed by atoms with Gasteiger partial charge in [0, 0.05) is 13.0 Å². The van der Waals surface area contributed by atoms with Crippen molar-refractivity contribution in [3.05, 3.63) is 12.2 Å². The SMILES string of the molecule is Cn1ncnc1CN1CCC(C(N)=S)CC1. The molecule has 1 aliphatic rings. The van der Waals surface area contributed by atoms with E-state index in [4.69, 9.17) is 18.0 Å². The second-order valence-electron chi connectivity index (χ2n) is 4.25. The van der Waals surface area contributed by atoms with E-state index in [1.54, 1.807) is 6.33 Å². The molecule has 1 aromatic heterocycles. The van der Waals surface area contributed by atoms with Gasteiger partial charge in [-0.1, -0.05) is 12.2 Å². The third-order valence-electron chi connectivity index (χ3n) is 3.16. The van der Waals surface area contributed by atoms with Crippen molar-refractivity contribution in [2.24, 2.45) is 18.7 Å². The molecule has 16 heavy (non-hydrogen) atoms. The van der Waals surface area contributed by atoms with Crippen LogP contribution in [0.15, 0.2) is 6.33 Å². The Balaban J connectivity index is 1.86. The average Bonchev–Trinajstić information content (AvgIpc) is 2.65. The van der Waals surface area contributed by atoms with Crippen LogP contribution in [0.5, 0.6) is 0 Å². The highest BCUT2D eigenvalue weighted by atomic mass is 32.1. The summed E-state index contributed by atoms with van der Waals surface area (Å²) in [5, 5.41) is 4.06. The highest BCUT2D eigenvalue weighted by Gasteiger charge is 2.21. The number of rotatable bonds is 3. The van der Waals surface area contributed by atoms with Crippen molar-refractivity contribution in [1.82, 2.24) is 19.7 Å². The van der Waals surface area contributed by atoms with Gasteiger partial charge in [-0.15, -0.1) is 0 Å². The summed E-state index contributed by atoms with van der Waals surface area (Å²) in [6.45, 7) is 2.93. The number of hydrogen-bond acceptors (Lipinski definition) is 4. The molecular formula is C10H17N5S. The molecule has 0 atom stereocenters. The molecule has 0 aromatic carbocycles. The number of aryl methyl sites for hydroxylation is 1. The molecule has 1 aliphatic heterocycles. The van der Waals surface area contributed by atoms with E-state index < -0.39 is 0 Å². The van der Waals surface area contributed by atoms with Crippen LogP contribution < -0.4 is 5.73 Å². The summed E-state index contributed by atoms with van der Waals surface area (Å²) in [6.07, 6.45) is 3.72. The zero-order valence-electron chi connectivity index (χ0n) is 9.46. The minimum atomic E-state index is 0.422. The predicted octanol–water partition coefficient (Wildman–Crippen LogP) is 0.313. The lowest BCUT2D eigenvalue weighted by Crippen LogP contribution is -2.38. The van der Waals surface area contributed by atoms with Crippen molar-refractivity contribution in [3.8, 4) is 0 Å². The van der Waals surface area contributed by atoms with Crippen LogP contribution in [0.3, 0.4) is 0 Å². The molecule has 1 aromatic rings. The standard InChI is InChI=1S/C10H17N5S/c1-14-9(12-7-13-14)6-15-4-2-8(3-5-15)10(11)16/h7-8H,2-6H2,1H3,(H2,11,16). The summed E-state index contributed by atoms with van der Waals surface area (Å²) in [5.74, 6) is 1.43. The van der Waals surface area contributed by atoms with Crippen molar-refractivity contribution in [3.63, 3.8) is 0 Å². The molecule has 0 saturated carbocycles. The van der Waals surface area contributed by atoms with Gasteiger partial charge in [0.15, 0.2) is 0 Å². The third-order valence-corrected chi connectivity index (χ3v) is 3.49. The zero-order chi connectivity index (χ0) is 11.5. The maximum Gasteiger partial charge on any atom is 0.140 e. The van der Waals surface area contributed by atoms with Crippen LogP contribution in [0.25, 0.3) is 0 Å². The Morgan fingerprint density at radius 3 is 2.75 bits per heavy atom. The van der Waals surface area contributed by atoms with E-state index in [0.29, 0.717) is 10.9 Å². The molecule has 0 radical (unpaired) electrons. The summed E-state index contributed by atoms with van der Waals surface area (Å²) in [5.41, 5.74) is 5.66. The summed E-state index contributed by atoms with van der Waals surface area (Å²) in [6, 6.07) is 0. The third kappa shape index (κ3) is 2.56. The minimum absolute atomic E-state index is 0.422. The van der Waals surface area contributed by atoms with E-state index in [-0.39, 0.29) is 0 Å². The van der Waals surface area contributed by atoms with E-state index in [9.17, 15) is 0 Å². The molecule has 6 heteroatoms. The number of piperidine rings is 1. The van der Waals surface area contributed by atoms with Crippen molar-refractivity contribution < 1.29 is 0 Å². The van der Waals surface area contributed by atoms with Crippen LogP contribution in [0.1, 0.15) is 18.7 Å². The van der Waals surface area contributed by atoms with Gasteiger partial charge in [-0.25, -0.2) is 4.98 Å². The second-order valence-corrected chi connectivity index (χ2v) is 4.72. The van der Waals surface area contributed by atoms with Crippen molar-refractivity contribution in [2.75, 3.05) is 13.1 Å². The fourth-order valence-electron chi connectivity index (χ4n) is 2.04. The Morgan fingerprint density at radius 1 is 1.56 bits per heavy atom. The second kappa shape index (κ2) is 4.88. The fraction of sp³-hybridized carbons (Fsp3) is 0.700. The first kappa shape index (κ1) is 11.5. The molecule has 2 N–H and O–H groups in total. The molecular weight excluding hydrogens is 222 g/mol. The van der Waals surface area contributed by atoms with Gasteiger partial charge in [-0.2, -0.15) is 5.10 Å². The zero-order valence-corrected chi connectivity index (χ0v) is 10.3. The largest absolute Gasteiger partial charge is 0.393 e. The first-order valence-electron chi connectivity index (χ1n) is 5.51. The summed E-state index contributed by atoms with van der Waals surface area (Å²) in [4.78, 5) is 7.26. The van der Waals surface area contributed by atoms with Gasteiger partial charge in [-0.05, 0) is 25.9 Å². The number of aromatic nitrogens is 3. The highest BCUT2D eigenvalue weighted by molar-refractivity contribution is 7.80. The van der Waals surface area contributed by atoms with Crippen LogP contribution in [-0.4, -0.2) is 37.7 Å². The minimum Gasteiger partial charge on any atom is -0.393 e.